The second kappa shape index (κ2) is 9.64. The Bertz CT molecular complexity index is 1720. The molecule has 0 amide bonds. The highest BCUT2D eigenvalue weighted by Gasteiger charge is 2.19. The molecule has 4 nitrogen and oxygen atoms in total. The van der Waals surface area contributed by atoms with Crippen molar-refractivity contribution in [1.29, 1.82) is 0 Å². The van der Waals surface area contributed by atoms with Crippen LogP contribution in [0.15, 0.2) is 120 Å². The van der Waals surface area contributed by atoms with E-state index in [9.17, 15) is 4.79 Å². The first-order valence-corrected chi connectivity index (χ1v) is 12.5. The maximum Gasteiger partial charge on any atom is 0.274 e. The van der Waals surface area contributed by atoms with Gasteiger partial charge in [-0.15, -0.1) is 0 Å². The first-order chi connectivity index (χ1) is 17.8. The van der Waals surface area contributed by atoms with E-state index in [4.69, 9.17) is 9.72 Å². The van der Waals surface area contributed by atoms with Crippen LogP contribution in [0.5, 0.6) is 5.75 Å². The minimum atomic E-state index is -0.0621. The fourth-order valence-electron chi connectivity index (χ4n) is 4.21. The third-order valence-electron chi connectivity index (χ3n) is 5.98. The molecule has 0 N–H and O–H groups in total. The van der Waals surface area contributed by atoms with Gasteiger partial charge in [-0.2, -0.15) is 0 Å². The van der Waals surface area contributed by atoms with E-state index in [-0.39, 0.29) is 5.56 Å². The molecule has 0 saturated heterocycles. The van der Waals surface area contributed by atoms with E-state index >= 15 is 0 Å². The Hall–Kier alpha value is -4.48. The van der Waals surface area contributed by atoms with E-state index in [1.54, 1.807) is 4.40 Å². The van der Waals surface area contributed by atoms with E-state index in [0.717, 1.165) is 39.4 Å². The number of fused-ring (bicyclic) bond motifs is 1. The van der Waals surface area contributed by atoms with E-state index in [1.165, 1.54) is 11.3 Å². The number of imidazole rings is 1. The second-order valence-corrected chi connectivity index (χ2v) is 9.43. The van der Waals surface area contributed by atoms with Crippen molar-refractivity contribution in [2.24, 2.45) is 0 Å². The van der Waals surface area contributed by atoms with Gasteiger partial charge < -0.3 is 4.74 Å². The van der Waals surface area contributed by atoms with Crippen molar-refractivity contribution < 1.29 is 4.74 Å². The van der Waals surface area contributed by atoms with Crippen LogP contribution in [0, 0.1) is 0 Å². The average molecular weight is 487 g/mol. The lowest BCUT2D eigenvalue weighted by Crippen LogP contribution is -2.23. The first-order valence-electron chi connectivity index (χ1n) is 11.7. The van der Waals surface area contributed by atoms with Gasteiger partial charge in [-0.25, -0.2) is 9.38 Å². The maximum absolute atomic E-state index is 13.6. The van der Waals surface area contributed by atoms with Crippen LogP contribution in [0.25, 0.3) is 33.6 Å². The molecule has 6 aromatic rings. The van der Waals surface area contributed by atoms with Crippen LogP contribution < -0.4 is 14.8 Å². The van der Waals surface area contributed by atoms with Crippen molar-refractivity contribution in [3.63, 3.8) is 0 Å². The fraction of sp³-hybridized carbons (Fsp3) is 0.0323. The molecular formula is C31H22N2O2S. The second-order valence-electron chi connectivity index (χ2n) is 8.42. The van der Waals surface area contributed by atoms with Gasteiger partial charge in [0.25, 0.3) is 5.56 Å². The molecule has 0 aliphatic carbocycles. The summed E-state index contributed by atoms with van der Waals surface area (Å²) < 4.78 is 8.28. The zero-order valence-electron chi connectivity index (χ0n) is 19.4. The predicted octanol–water partition coefficient (Wildman–Crippen LogP) is 6.22. The largest absolute Gasteiger partial charge is 0.489 e. The Morgan fingerprint density at radius 3 is 2.03 bits per heavy atom. The van der Waals surface area contributed by atoms with Gasteiger partial charge >= 0.3 is 0 Å². The molecule has 0 aliphatic rings. The monoisotopic (exact) mass is 486 g/mol. The minimum Gasteiger partial charge on any atom is -0.489 e. The van der Waals surface area contributed by atoms with E-state index < -0.39 is 0 Å². The Kier molecular flexibility index (Phi) is 5.90. The third kappa shape index (κ3) is 4.32. The molecule has 174 valence electrons. The van der Waals surface area contributed by atoms with Crippen LogP contribution in [-0.4, -0.2) is 9.38 Å². The van der Waals surface area contributed by atoms with Crippen LogP contribution >= 0.6 is 11.3 Å². The van der Waals surface area contributed by atoms with Gasteiger partial charge in [-0.1, -0.05) is 114 Å². The van der Waals surface area contributed by atoms with Crippen LogP contribution in [0.4, 0.5) is 0 Å². The summed E-state index contributed by atoms with van der Waals surface area (Å²) in [6, 6.07) is 37.9. The molecule has 36 heavy (non-hydrogen) atoms. The smallest absolute Gasteiger partial charge is 0.274 e. The van der Waals surface area contributed by atoms with Crippen molar-refractivity contribution in [3.8, 4) is 28.3 Å². The summed E-state index contributed by atoms with van der Waals surface area (Å²) in [5.74, 6) is 0.790. The number of ether oxygens (including phenoxy) is 1. The standard InChI is InChI=1S/C31H22N2O2S/c34-30-27(20-22-16-18-26(19-17-22)35-21-23-10-4-1-5-11-23)36-31-32-28(24-12-6-2-7-13-24)29(33(30)31)25-14-8-3-9-15-25/h1-20H,21H2. The van der Waals surface area contributed by atoms with Gasteiger partial charge in [0.2, 0.25) is 0 Å². The van der Waals surface area contributed by atoms with Gasteiger partial charge in [0, 0.05) is 11.1 Å². The van der Waals surface area contributed by atoms with Crippen LogP contribution in [0.2, 0.25) is 0 Å². The van der Waals surface area contributed by atoms with Crippen molar-refractivity contribution in [2.45, 2.75) is 6.61 Å². The zero-order chi connectivity index (χ0) is 24.3. The topological polar surface area (TPSA) is 43.6 Å². The van der Waals surface area contributed by atoms with Crippen LogP contribution in [-0.2, 0) is 6.61 Å². The zero-order valence-corrected chi connectivity index (χ0v) is 20.2. The van der Waals surface area contributed by atoms with Crippen LogP contribution in [0.3, 0.4) is 0 Å². The summed E-state index contributed by atoms with van der Waals surface area (Å²) >= 11 is 1.41. The predicted molar refractivity (Wildman–Crippen MR) is 146 cm³/mol. The van der Waals surface area contributed by atoms with Crippen molar-refractivity contribution in [3.05, 3.63) is 141 Å². The van der Waals surface area contributed by atoms with Gasteiger partial charge in [0.05, 0.1) is 15.9 Å². The molecule has 0 atom stereocenters. The minimum absolute atomic E-state index is 0.0621. The number of benzene rings is 4. The lowest BCUT2D eigenvalue weighted by Gasteiger charge is -2.06. The van der Waals surface area contributed by atoms with Gasteiger partial charge in [0.15, 0.2) is 4.96 Å². The average Bonchev–Trinajstić information content (AvgIpc) is 3.46. The van der Waals surface area contributed by atoms with Crippen molar-refractivity contribution in [1.82, 2.24) is 9.38 Å². The molecule has 0 bridgehead atoms. The molecule has 0 spiro atoms. The number of hydrogen-bond acceptors (Lipinski definition) is 4. The van der Waals surface area contributed by atoms with Gasteiger partial charge in [-0.3, -0.25) is 4.79 Å². The normalized spacial score (nSPS) is 11.7. The van der Waals surface area contributed by atoms with Gasteiger partial charge in [-0.05, 0) is 29.3 Å². The van der Waals surface area contributed by atoms with Crippen molar-refractivity contribution in [2.75, 3.05) is 0 Å². The fourth-order valence-corrected chi connectivity index (χ4v) is 5.18. The van der Waals surface area contributed by atoms with E-state index in [0.29, 0.717) is 16.1 Å². The highest BCUT2D eigenvalue weighted by molar-refractivity contribution is 7.15. The van der Waals surface area contributed by atoms with Crippen LogP contribution in [0.1, 0.15) is 11.1 Å². The number of hydrogen-bond donors (Lipinski definition) is 0. The SMILES string of the molecule is O=c1c(=Cc2ccc(OCc3ccccc3)cc2)sc2nc(-c3ccccc3)c(-c3ccccc3)n12. The van der Waals surface area contributed by atoms with Gasteiger partial charge in [0.1, 0.15) is 12.4 Å². The molecule has 6 rings (SSSR count). The molecule has 0 saturated carbocycles. The molecule has 0 unspecified atom stereocenters. The summed E-state index contributed by atoms with van der Waals surface area (Å²) in [4.78, 5) is 19.2. The molecule has 0 fully saturated rings. The van der Waals surface area contributed by atoms with Crippen molar-refractivity contribution >= 4 is 22.4 Å². The Morgan fingerprint density at radius 2 is 1.36 bits per heavy atom. The number of nitrogens with zero attached hydrogens (tertiary/aromatic N) is 2. The number of thiazole rings is 1. The summed E-state index contributed by atoms with van der Waals surface area (Å²) in [7, 11) is 0. The van der Waals surface area contributed by atoms with E-state index in [1.807, 2.05) is 121 Å². The third-order valence-corrected chi connectivity index (χ3v) is 6.95. The summed E-state index contributed by atoms with van der Waals surface area (Å²) in [5.41, 5.74) is 5.59. The number of aromatic nitrogens is 2. The molecule has 2 heterocycles. The Morgan fingerprint density at radius 1 is 0.750 bits per heavy atom. The lowest BCUT2D eigenvalue weighted by atomic mass is 10.1. The molecule has 5 heteroatoms. The highest BCUT2D eigenvalue weighted by Crippen LogP contribution is 2.32. The molecular weight excluding hydrogens is 464 g/mol. The summed E-state index contributed by atoms with van der Waals surface area (Å²) in [6.45, 7) is 0.517. The first kappa shape index (κ1) is 22.0. The molecule has 0 radical (unpaired) electrons. The molecule has 4 aromatic carbocycles. The summed E-state index contributed by atoms with van der Waals surface area (Å²) in [5, 5.41) is 0. The maximum atomic E-state index is 13.6. The Balaban J connectivity index is 1.37. The Labute approximate surface area is 212 Å². The molecule has 0 aliphatic heterocycles. The molecule has 2 aromatic heterocycles. The highest BCUT2D eigenvalue weighted by atomic mass is 32.1. The number of rotatable bonds is 6. The lowest BCUT2D eigenvalue weighted by molar-refractivity contribution is 0.306. The quantitative estimate of drug-likeness (QED) is 0.281. The van der Waals surface area contributed by atoms with E-state index in [2.05, 4.69) is 0 Å². The summed E-state index contributed by atoms with van der Waals surface area (Å²) in [6.07, 6.45) is 1.92.